The summed E-state index contributed by atoms with van der Waals surface area (Å²) in [6.07, 6.45) is -0.469. The van der Waals surface area contributed by atoms with Gasteiger partial charge in [0.2, 0.25) is 0 Å². The van der Waals surface area contributed by atoms with Crippen LogP contribution in [0.3, 0.4) is 0 Å². The minimum atomic E-state index is -3.86. The van der Waals surface area contributed by atoms with E-state index in [9.17, 15) is 19.5 Å². The topological polar surface area (TPSA) is 105 Å². The molecular weight excluding hydrogens is 265 g/mol. The minimum Gasteiger partial charge on any atom is -0.469 e. The SMILES string of the molecule is CCOP(=O)(OCC)C(CCC(=O)OC)[N+](=O)[O-]. The van der Waals surface area contributed by atoms with Crippen molar-refractivity contribution in [2.24, 2.45) is 0 Å². The summed E-state index contributed by atoms with van der Waals surface area (Å²) in [7, 11) is -2.68. The highest BCUT2D eigenvalue weighted by atomic mass is 31.2. The van der Waals surface area contributed by atoms with Crippen molar-refractivity contribution >= 4 is 13.6 Å². The number of methoxy groups -OCH3 is 1. The van der Waals surface area contributed by atoms with Crippen molar-refractivity contribution in [1.82, 2.24) is 0 Å². The van der Waals surface area contributed by atoms with Crippen LogP contribution in [0.2, 0.25) is 0 Å². The van der Waals surface area contributed by atoms with E-state index in [0.29, 0.717) is 0 Å². The lowest BCUT2D eigenvalue weighted by Crippen LogP contribution is -2.24. The second-order valence-corrected chi connectivity index (χ2v) is 5.45. The molecule has 0 heterocycles. The monoisotopic (exact) mass is 283 g/mol. The fraction of sp³-hybridized carbons (Fsp3) is 0.889. The molecule has 0 N–H and O–H groups in total. The number of carbonyl (C=O) groups excluding carboxylic acids is 1. The molecule has 0 aromatic carbocycles. The molecule has 8 nitrogen and oxygen atoms in total. The van der Waals surface area contributed by atoms with Gasteiger partial charge in [0.25, 0.3) is 0 Å². The van der Waals surface area contributed by atoms with Crippen LogP contribution in [0.5, 0.6) is 0 Å². The Hall–Kier alpha value is -0.980. The van der Waals surface area contributed by atoms with Gasteiger partial charge in [0.1, 0.15) is 0 Å². The van der Waals surface area contributed by atoms with Gasteiger partial charge < -0.3 is 13.8 Å². The summed E-state index contributed by atoms with van der Waals surface area (Å²) in [5.41, 5.74) is 0. The summed E-state index contributed by atoms with van der Waals surface area (Å²) in [5, 5.41) is 10.9. The van der Waals surface area contributed by atoms with E-state index < -0.39 is 24.3 Å². The lowest BCUT2D eigenvalue weighted by atomic mass is 10.3. The standard InChI is InChI=1S/C9H18NO7P/c1-4-16-18(14,17-5-2)8(10(12)13)6-7-9(11)15-3/h8H,4-7H2,1-3H3. The van der Waals surface area contributed by atoms with Gasteiger partial charge in [0.05, 0.1) is 26.7 Å². The second kappa shape index (κ2) is 8.18. The van der Waals surface area contributed by atoms with E-state index in [4.69, 9.17) is 9.05 Å². The third-order valence-corrected chi connectivity index (χ3v) is 4.47. The van der Waals surface area contributed by atoms with Crippen LogP contribution >= 0.6 is 7.60 Å². The molecular formula is C9H18NO7P. The van der Waals surface area contributed by atoms with E-state index in [2.05, 4.69) is 4.74 Å². The highest BCUT2D eigenvalue weighted by molar-refractivity contribution is 7.54. The summed E-state index contributed by atoms with van der Waals surface area (Å²) in [6.45, 7) is 3.17. The number of esters is 1. The molecule has 0 radical (unpaired) electrons. The lowest BCUT2D eigenvalue weighted by molar-refractivity contribution is -0.502. The highest BCUT2D eigenvalue weighted by Crippen LogP contribution is 2.54. The highest BCUT2D eigenvalue weighted by Gasteiger charge is 2.45. The molecule has 0 aliphatic heterocycles. The average molecular weight is 283 g/mol. The number of nitrogens with zero attached hydrogens (tertiary/aromatic N) is 1. The number of rotatable bonds is 9. The maximum absolute atomic E-state index is 12.2. The molecule has 0 aliphatic carbocycles. The third-order valence-electron chi connectivity index (χ3n) is 2.06. The van der Waals surface area contributed by atoms with E-state index >= 15 is 0 Å². The van der Waals surface area contributed by atoms with Crippen LogP contribution in [0.25, 0.3) is 0 Å². The lowest BCUT2D eigenvalue weighted by Gasteiger charge is -2.19. The molecule has 0 fully saturated rings. The van der Waals surface area contributed by atoms with Crippen LogP contribution in [0.4, 0.5) is 0 Å². The van der Waals surface area contributed by atoms with Crippen molar-refractivity contribution in [3.63, 3.8) is 0 Å². The van der Waals surface area contributed by atoms with Crippen molar-refractivity contribution < 1.29 is 28.1 Å². The number of ether oxygens (including phenoxy) is 1. The van der Waals surface area contributed by atoms with Gasteiger partial charge in [0, 0.05) is 11.3 Å². The Bertz CT molecular complexity index is 323. The maximum Gasteiger partial charge on any atom is 0.403 e. The zero-order chi connectivity index (χ0) is 14.2. The fourth-order valence-corrected chi connectivity index (χ4v) is 3.11. The van der Waals surface area contributed by atoms with Gasteiger partial charge in [-0.1, -0.05) is 0 Å². The minimum absolute atomic E-state index is 0.0276. The first-order valence-corrected chi connectivity index (χ1v) is 7.11. The molecule has 0 amide bonds. The zero-order valence-corrected chi connectivity index (χ0v) is 11.6. The molecule has 0 saturated heterocycles. The molecule has 0 saturated carbocycles. The number of carbonyl (C=O) groups is 1. The van der Waals surface area contributed by atoms with E-state index in [0.717, 1.165) is 0 Å². The Labute approximate surface area is 105 Å². The first kappa shape index (κ1) is 17.0. The molecule has 18 heavy (non-hydrogen) atoms. The third kappa shape index (κ3) is 5.12. The summed E-state index contributed by atoms with van der Waals surface area (Å²) in [6, 6.07) is 0. The summed E-state index contributed by atoms with van der Waals surface area (Å²) in [4.78, 5) is 21.1. The van der Waals surface area contributed by atoms with E-state index in [1.807, 2.05) is 0 Å². The van der Waals surface area contributed by atoms with Gasteiger partial charge in [-0.2, -0.15) is 0 Å². The van der Waals surface area contributed by atoms with Crippen molar-refractivity contribution in [3.8, 4) is 0 Å². The van der Waals surface area contributed by atoms with Crippen LogP contribution in [0.1, 0.15) is 26.7 Å². The predicted octanol–water partition coefficient (Wildman–Crippen LogP) is 1.81. The van der Waals surface area contributed by atoms with Crippen LogP contribution in [0.15, 0.2) is 0 Å². The first-order valence-electron chi connectivity index (χ1n) is 5.50. The van der Waals surface area contributed by atoms with Gasteiger partial charge in [-0.05, 0) is 13.8 Å². The van der Waals surface area contributed by atoms with Crippen molar-refractivity contribution in [2.75, 3.05) is 20.3 Å². The number of hydrogen-bond acceptors (Lipinski definition) is 7. The van der Waals surface area contributed by atoms with Crippen LogP contribution < -0.4 is 0 Å². The Balaban J connectivity index is 4.87. The molecule has 0 aromatic rings. The molecule has 0 rings (SSSR count). The van der Waals surface area contributed by atoms with Gasteiger partial charge in [-0.3, -0.25) is 19.5 Å². The Morgan fingerprint density at radius 1 is 1.33 bits per heavy atom. The molecule has 0 bridgehead atoms. The summed E-state index contributed by atoms with van der Waals surface area (Å²) >= 11 is 0. The molecule has 0 spiro atoms. The molecule has 1 atom stereocenters. The molecule has 0 aliphatic rings. The predicted molar refractivity (Wildman–Crippen MR) is 62.9 cm³/mol. The smallest absolute Gasteiger partial charge is 0.403 e. The Morgan fingerprint density at radius 3 is 2.17 bits per heavy atom. The molecule has 1 unspecified atom stereocenters. The summed E-state index contributed by atoms with van der Waals surface area (Å²) in [5.74, 6) is -2.17. The largest absolute Gasteiger partial charge is 0.469 e. The van der Waals surface area contributed by atoms with Gasteiger partial charge in [-0.15, -0.1) is 0 Å². The van der Waals surface area contributed by atoms with Gasteiger partial charge >= 0.3 is 19.3 Å². The zero-order valence-electron chi connectivity index (χ0n) is 10.7. The maximum atomic E-state index is 12.2. The normalized spacial score (nSPS) is 13.1. The average Bonchev–Trinajstić information content (AvgIpc) is 2.28. The molecule has 9 heteroatoms. The number of nitro groups is 1. The van der Waals surface area contributed by atoms with Gasteiger partial charge in [-0.25, -0.2) is 0 Å². The number of hydrogen-bond donors (Lipinski definition) is 0. The Morgan fingerprint density at radius 2 is 1.83 bits per heavy atom. The van der Waals surface area contributed by atoms with E-state index in [1.54, 1.807) is 13.8 Å². The first-order chi connectivity index (χ1) is 8.41. The van der Waals surface area contributed by atoms with Crippen molar-refractivity contribution in [3.05, 3.63) is 10.1 Å². The van der Waals surface area contributed by atoms with Crippen molar-refractivity contribution in [1.29, 1.82) is 0 Å². The Kier molecular flexibility index (Phi) is 7.73. The molecule has 106 valence electrons. The van der Waals surface area contributed by atoms with E-state index in [1.165, 1.54) is 7.11 Å². The van der Waals surface area contributed by atoms with Crippen LogP contribution in [-0.2, 0) is 23.1 Å². The van der Waals surface area contributed by atoms with Crippen molar-refractivity contribution in [2.45, 2.75) is 32.5 Å². The van der Waals surface area contributed by atoms with Crippen LogP contribution in [-0.4, -0.2) is 37.0 Å². The fourth-order valence-electron chi connectivity index (χ4n) is 1.30. The van der Waals surface area contributed by atoms with Gasteiger partial charge in [0.15, 0.2) is 0 Å². The quantitative estimate of drug-likeness (QED) is 0.275. The second-order valence-electron chi connectivity index (χ2n) is 3.26. The van der Waals surface area contributed by atoms with E-state index in [-0.39, 0.29) is 26.1 Å². The van der Waals surface area contributed by atoms with Crippen LogP contribution in [0, 0.1) is 10.1 Å². The molecule has 0 aromatic heterocycles. The summed E-state index contributed by atoms with van der Waals surface area (Å²) < 4.78 is 26.4.